The highest BCUT2D eigenvalue weighted by Crippen LogP contribution is 2.23. The first-order valence-electron chi connectivity index (χ1n) is 9.67. The van der Waals surface area contributed by atoms with Crippen LogP contribution >= 0.6 is 11.8 Å². The van der Waals surface area contributed by atoms with E-state index < -0.39 is 17.0 Å². The lowest BCUT2D eigenvalue weighted by molar-refractivity contribution is -0.134. The van der Waals surface area contributed by atoms with E-state index in [1.807, 2.05) is 18.2 Å². The minimum Gasteiger partial charge on any atom is -0.494 e. The second-order valence-electron chi connectivity index (χ2n) is 6.67. The molecule has 3 rings (SSSR count). The highest BCUT2D eigenvalue weighted by Gasteiger charge is 2.30. The molecule has 0 saturated carbocycles. The summed E-state index contributed by atoms with van der Waals surface area (Å²) in [5.41, 5.74) is 1.63. The number of methoxy groups -OCH3 is 1. The second kappa shape index (κ2) is 12.3. The summed E-state index contributed by atoms with van der Waals surface area (Å²) in [6.07, 6.45) is 0.0364. The fraction of sp³-hybridized carbons (Fsp3) is 0.227. The van der Waals surface area contributed by atoms with Gasteiger partial charge in [-0.15, -0.1) is 5.10 Å². The molecular weight excluding hydrogens is 451 g/mol. The molecule has 1 aliphatic heterocycles. The fourth-order valence-electron chi connectivity index (χ4n) is 2.55. The molecule has 0 aromatic heterocycles. The monoisotopic (exact) mass is 474 g/mol. The van der Waals surface area contributed by atoms with Crippen LogP contribution in [0.25, 0.3) is 0 Å². The van der Waals surface area contributed by atoms with Gasteiger partial charge in [0.1, 0.15) is 5.25 Å². The number of anilines is 1. The van der Waals surface area contributed by atoms with Crippen LogP contribution in [-0.2, 0) is 14.4 Å². The van der Waals surface area contributed by atoms with Crippen LogP contribution in [0.2, 0.25) is 0 Å². The number of halogens is 1. The number of carboxylic acid groups (broad SMARTS) is 1. The molecule has 1 atom stereocenters. The predicted molar refractivity (Wildman–Crippen MR) is 125 cm³/mol. The summed E-state index contributed by atoms with van der Waals surface area (Å²) in [4.78, 5) is 33.4. The summed E-state index contributed by atoms with van der Waals surface area (Å²) in [6, 6.07) is 13.4. The zero-order valence-electron chi connectivity index (χ0n) is 18.2. The van der Waals surface area contributed by atoms with Crippen molar-refractivity contribution in [2.24, 2.45) is 10.2 Å². The van der Waals surface area contributed by atoms with Gasteiger partial charge in [-0.05, 0) is 37.3 Å². The summed E-state index contributed by atoms with van der Waals surface area (Å²) in [5, 5.41) is 20.5. The van der Waals surface area contributed by atoms with Crippen LogP contribution in [0.3, 0.4) is 0 Å². The molecule has 3 N–H and O–H groups in total. The number of ether oxygens (including phenoxy) is 1. The molecule has 0 aliphatic carbocycles. The molecule has 2 aromatic rings. The molecule has 1 aliphatic rings. The van der Waals surface area contributed by atoms with Crippen LogP contribution in [0.15, 0.2) is 58.7 Å². The molecule has 2 amide bonds. The van der Waals surface area contributed by atoms with Crippen molar-refractivity contribution in [3.8, 4) is 5.75 Å². The number of carbonyl (C=O) groups is 3. The van der Waals surface area contributed by atoms with E-state index in [9.17, 15) is 14.0 Å². The molecule has 1 heterocycles. The number of aliphatic carboxylic acids is 1. The van der Waals surface area contributed by atoms with E-state index >= 15 is 0 Å². The van der Waals surface area contributed by atoms with Gasteiger partial charge in [0.05, 0.1) is 12.8 Å². The number of nitrogens with one attached hydrogen (secondary N) is 2. The Morgan fingerprint density at radius 1 is 1.21 bits per heavy atom. The number of hydrogen-bond donors (Lipinski definition) is 3. The molecule has 1 unspecified atom stereocenters. The van der Waals surface area contributed by atoms with Crippen molar-refractivity contribution >= 4 is 46.1 Å². The van der Waals surface area contributed by atoms with Crippen LogP contribution < -0.4 is 15.4 Å². The Morgan fingerprint density at radius 3 is 2.48 bits per heavy atom. The van der Waals surface area contributed by atoms with Crippen LogP contribution in [0.4, 0.5) is 10.1 Å². The highest BCUT2D eigenvalue weighted by atomic mass is 32.2. The third kappa shape index (κ3) is 8.37. The topological polar surface area (TPSA) is 129 Å². The molecule has 2 aromatic carbocycles. The number of amidine groups is 1. The third-order valence-corrected chi connectivity index (χ3v) is 5.14. The number of rotatable bonds is 5. The molecular formula is C22H23FN4O5S. The number of amides is 2. The van der Waals surface area contributed by atoms with E-state index in [1.165, 1.54) is 19.2 Å². The van der Waals surface area contributed by atoms with Crippen LogP contribution in [-0.4, -0.2) is 46.1 Å². The first kappa shape index (κ1) is 25.5. The van der Waals surface area contributed by atoms with Crippen LogP contribution in [0, 0.1) is 5.82 Å². The Morgan fingerprint density at radius 2 is 1.88 bits per heavy atom. The van der Waals surface area contributed by atoms with Crippen molar-refractivity contribution in [1.82, 2.24) is 5.32 Å². The molecule has 9 nitrogen and oxygen atoms in total. The van der Waals surface area contributed by atoms with E-state index in [0.29, 0.717) is 17.0 Å². The van der Waals surface area contributed by atoms with Gasteiger partial charge in [-0.1, -0.05) is 30.0 Å². The van der Waals surface area contributed by atoms with E-state index in [-0.39, 0.29) is 29.2 Å². The summed E-state index contributed by atoms with van der Waals surface area (Å²) in [6.45, 7) is 2.75. The highest BCUT2D eigenvalue weighted by molar-refractivity contribution is 8.15. The van der Waals surface area contributed by atoms with Crippen molar-refractivity contribution in [2.75, 3.05) is 12.4 Å². The first-order chi connectivity index (χ1) is 15.7. The SMILES string of the molecule is CC(=O)O.COc1ccc(/C(C)=N/N=C2\NC(=O)CC(C(=O)Nc3ccccc3)S2)cc1F. The average molecular weight is 475 g/mol. The standard InChI is InChI=1S/C20H19FN4O3S.C2H4O2/c1-12(13-8-9-16(28-2)15(21)10-13)24-25-20-23-18(26)11-17(29-20)19(27)22-14-6-4-3-5-7-14;1-2(3)4/h3-10,17H,11H2,1-2H3,(H,22,27)(H,23,25,26);1H3,(H,3,4)/b24-12+;. The Bertz CT molecular complexity index is 1070. The fourth-order valence-corrected chi connectivity index (χ4v) is 3.48. The number of thioether (sulfide) groups is 1. The van der Waals surface area contributed by atoms with Crippen molar-refractivity contribution in [1.29, 1.82) is 0 Å². The summed E-state index contributed by atoms with van der Waals surface area (Å²) in [5.74, 6) is -1.82. The summed E-state index contributed by atoms with van der Waals surface area (Å²) < 4.78 is 18.7. The van der Waals surface area contributed by atoms with Crippen molar-refractivity contribution in [3.05, 3.63) is 59.9 Å². The largest absolute Gasteiger partial charge is 0.494 e. The summed E-state index contributed by atoms with van der Waals surface area (Å²) in [7, 11) is 1.39. The van der Waals surface area contributed by atoms with Crippen molar-refractivity contribution < 1.29 is 28.6 Å². The Hall–Kier alpha value is -3.73. The molecule has 0 radical (unpaired) electrons. The van der Waals surface area contributed by atoms with Crippen molar-refractivity contribution in [2.45, 2.75) is 25.5 Å². The quantitative estimate of drug-likeness (QED) is 0.451. The predicted octanol–water partition coefficient (Wildman–Crippen LogP) is 3.27. The van der Waals surface area contributed by atoms with Gasteiger partial charge in [0.2, 0.25) is 11.8 Å². The zero-order valence-corrected chi connectivity index (χ0v) is 19.0. The van der Waals surface area contributed by atoms with Gasteiger partial charge < -0.3 is 20.5 Å². The van der Waals surface area contributed by atoms with Gasteiger partial charge in [0.25, 0.3) is 5.97 Å². The van der Waals surface area contributed by atoms with Gasteiger partial charge in [-0.25, -0.2) is 4.39 Å². The number of carbonyl (C=O) groups excluding carboxylic acids is 2. The minimum absolute atomic E-state index is 0.0364. The lowest BCUT2D eigenvalue weighted by Crippen LogP contribution is -2.41. The van der Waals surface area contributed by atoms with Crippen molar-refractivity contribution in [3.63, 3.8) is 0 Å². The van der Waals surface area contributed by atoms with Gasteiger partial charge in [-0.2, -0.15) is 5.10 Å². The van der Waals surface area contributed by atoms with Crippen LogP contribution in [0.1, 0.15) is 25.8 Å². The van der Waals surface area contributed by atoms with Gasteiger partial charge >= 0.3 is 0 Å². The molecule has 0 spiro atoms. The molecule has 0 bridgehead atoms. The normalized spacial score (nSPS) is 16.8. The number of benzene rings is 2. The third-order valence-electron chi connectivity index (χ3n) is 4.07. The molecule has 174 valence electrons. The van der Waals surface area contributed by atoms with Crippen LogP contribution in [0.5, 0.6) is 5.75 Å². The number of nitrogens with zero attached hydrogens (tertiary/aromatic N) is 2. The second-order valence-corrected chi connectivity index (χ2v) is 7.86. The van der Waals surface area contributed by atoms with Gasteiger partial charge in [0, 0.05) is 24.6 Å². The smallest absolute Gasteiger partial charge is 0.300 e. The van der Waals surface area contributed by atoms with Gasteiger partial charge in [0.15, 0.2) is 16.7 Å². The van der Waals surface area contributed by atoms with E-state index in [4.69, 9.17) is 14.6 Å². The molecule has 1 fully saturated rings. The zero-order chi connectivity index (χ0) is 24.4. The Balaban J connectivity index is 0.000000890. The maximum absolute atomic E-state index is 13.9. The lowest BCUT2D eigenvalue weighted by Gasteiger charge is -2.21. The van der Waals surface area contributed by atoms with Gasteiger partial charge in [-0.3, -0.25) is 14.4 Å². The molecule has 1 saturated heterocycles. The summed E-state index contributed by atoms with van der Waals surface area (Å²) >= 11 is 1.11. The number of carboxylic acids is 1. The molecule has 11 heteroatoms. The van der Waals surface area contributed by atoms with E-state index in [1.54, 1.807) is 25.1 Å². The van der Waals surface area contributed by atoms with E-state index in [0.717, 1.165) is 18.7 Å². The number of para-hydroxylation sites is 1. The maximum Gasteiger partial charge on any atom is 0.300 e. The maximum atomic E-state index is 13.9. The van der Waals surface area contributed by atoms with E-state index in [2.05, 4.69) is 20.8 Å². The lowest BCUT2D eigenvalue weighted by atomic mass is 10.1. The Labute approximate surface area is 194 Å². The first-order valence-corrected chi connectivity index (χ1v) is 10.6. The minimum atomic E-state index is -0.833. The average Bonchev–Trinajstić information content (AvgIpc) is 2.77. The number of hydrogen-bond acceptors (Lipinski definition) is 7. The molecule has 33 heavy (non-hydrogen) atoms. The Kier molecular flexibility index (Phi) is 9.55.